The summed E-state index contributed by atoms with van der Waals surface area (Å²) in [7, 11) is 0. The third-order valence-electron chi connectivity index (χ3n) is 5.06. The van der Waals surface area contributed by atoms with Crippen molar-refractivity contribution in [1.29, 1.82) is 0 Å². The van der Waals surface area contributed by atoms with Gasteiger partial charge in [0.15, 0.2) is 0 Å². The molecule has 0 spiro atoms. The number of rotatable bonds is 6. The first-order chi connectivity index (χ1) is 12.6. The van der Waals surface area contributed by atoms with Crippen molar-refractivity contribution in [1.82, 2.24) is 5.32 Å². The molecule has 1 aliphatic carbocycles. The van der Waals surface area contributed by atoms with E-state index in [4.69, 9.17) is 9.47 Å². The van der Waals surface area contributed by atoms with Crippen LogP contribution in [0.3, 0.4) is 0 Å². The third kappa shape index (κ3) is 6.98. The fourth-order valence-electron chi connectivity index (χ4n) is 3.41. The van der Waals surface area contributed by atoms with Gasteiger partial charge in [0, 0.05) is 12.1 Å². The first-order valence-electron chi connectivity index (χ1n) is 9.75. The molecule has 0 aliphatic heterocycles. The Labute approximate surface area is 162 Å². The van der Waals surface area contributed by atoms with E-state index in [2.05, 4.69) is 12.2 Å². The van der Waals surface area contributed by atoms with Crippen LogP contribution in [0, 0.1) is 12.3 Å². The summed E-state index contributed by atoms with van der Waals surface area (Å²) in [6.07, 6.45) is 3.77. The van der Waals surface area contributed by atoms with Crippen LogP contribution in [0.5, 0.6) is 0 Å². The number of esters is 1. The van der Waals surface area contributed by atoms with E-state index in [9.17, 15) is 9.59 Å². The number of aryl methyl sites for hydroxylation is 1. The second kappa shape index (κ2) is 8.87. The third-order valence-corrected chi connectivity index (χ3v) is 5.06. The molecule has 2 rings (SSSR count). The summed E-state index contributed by atoms with van der Waals surface area (Å²) >= 11 is 0. The van der Waals surface area contributed by atoms with Crippen LogP contribution in [0.25, 0.3) is 0 Å². The molecular formula is C22H33NO4. The van der Waals surface area contributed by atoms with Crippen molar-refractivity contribution in [3.8, 4) is 0 Å². The predicted octanol–water partition coefficient (Wildman–Crippen LogP) is 4.03. The highest BCUT2D eigenvalue weighted by atomic mass is 16.6. The Bertz CT molecular complexity index is 655. The Morgan fingerprint density at radius 1 is 1.19 bits per heavy atom. The van der Waals surface area contributed by atoms with Crippen LogP contribution < -0.4 is 5.32 Å². The Morgan fingerprint density at radius 3 is 2.41 bits per heavy atom. The van der Waals surface area contributed by atoms with Gasteiger partial charge >= 0.3 is 5.97 Å². The topological polar surface area (TPSA) is 64.6 Å². The van der Waals surface area contributed by atoms with Crippen LogP contribution in [0.4, 0.5) is 0 Å². The molecule has 0 atom stereocenters. The van der Waals surface area contributed by atoms with E-state index in [0.717, 1.165) is 36.8 Å². The minimum absolute atomic E-state index is 0.00265. The number of hydrogen-bond acceptors (Lipinski definition) is 4. The number of carbonyl (C=O) groups is 2. The molecule has 1 amide bonds. The Balaban J connectivity index is 1.74. The highest BCUT2D eigenvalue weighted by Crippen LogP contribution is 2.36. The van der Waals surface area contributed by atoms with Gasteiger partial charge < -0.3 is 14.8 Å². The Hall–Kier alpha value is -1.88. The van der Waals surface area contributed by atoms with Crippen molar-refractivity contribution in [2.24, 2.45) is 5.41 Å². The van der Waals surface area contributed by atoms with E-state index in [1.54, 1.807) is 0 Å². The first kappa shape index (κ1) is 21.4. The largest absolute Gasteiger partial charge is 0.458 e. The lowest BCUT2D eigenvalue weighted by atomic mass is 9.74. The van der Waals surface area contributed by atoms with Crippen LogP contribution >= 0.6 is 0 Å². The molecule has 0 bridgehead atoms. The van der Waals surface area contributed by atoms with Crippen molar-refractivity contribution in [2.75, 3.05) is 13.2 Å². The molecule has 1 fully saturated rings. The fraction of sp³-hybridized carbons (Fsp3) is 0.636. The molecule has 0 heterocycles. The number of nitrogens with one attached hydrogen (secondary N) is 1. The lowest BCUT2D eigenvalue weighted by Crippen LogP contribution is -2.40. The Kier molecular flexibility index (Phi) is 7.04. The number of benzene rings is 1. The molecule has 1 N–H and O–H groups in total. The van der Waals surface area contributed by atoms with Crippen molar-refractivity contribution in [3.05, 3.63) is 35.4 Å². The average molecular weight is 376 g/mol. The van der Waals surface area contributed by atoms with E-state index in [0.29, 0.717) is 6.54 Å². The number of amides is 1. The fourth-order valence-corrected chi connectivity index (χ4v) is 3.41. The zero-order valence-corrected chi connectivity index (χ0v) is 17.3. The van der Waals surface area contributed by atoms with E-state index in [1.165, 1.54) is 0 Å². The number of ether oxygens (including phenoxy) is 2. The maximum absolute atomic E-state index is 12.4. The zero-order chi connectivity index (χ0) is 20.1. The van der Waals surface area contributed by atoms with Gasteiger partial charge in [-0.25, -0.2) is 4.79 Å². The lowest BCUT2D eigenvalue weighted by molar-refractivity contribution is -0.163. The van der Waals surface area contributed by atoms with Crippen LogP contribution in [0.1, 0.15) is 69.3 Å². The van der Waals surface area contributed by atoms with Crippen molar-refractivity contribution < 1.29 is 19.1 Å². The molecular weight excluding hydrogens is 342 g/mol. The summed E-state index contributed by atoms with van der Waals surface area (Å²) in [4.78, 5) is 24.2. The van der Waals surface area contributed by atoms with Crippen LogP contribution in [0.15, 0.2) is 24.3 Å². The maximum Gasteiger partial charge on any atom is 0.332 e. The average Bonchev–Trinajstić information content (AvgIpc) is 2.58. The molecule has 0 saturated heterocycles. The van der Waals surface area contributed by atoms with Gasteiger partial charge in [-0.15, -0.1) is 0 Å². The van der Waals surface area contributed by atoms with Gasteiger partial charge in [-0.1, -0.05) is 25.1 Å². The minimum atomic E-state index is -0.485. The summed E-state index contributed by atoms with van der Waals surface area (Å²) in [5.41, 5.74) is 1.29. The maximum atomic E-state index is 12.4. The Morgan fingerprint density at radius 2 is 1.81 bits per heavy atom. The first-order valence-corrected chi connectivity index (χ1v) is 9.75. The van der Waals surface area contributed by atoms with E-state index >= 15 is 0 Å². The summed E-state index contributed by atoms with van der Waals surface area (Å²) in [5, 5.41) is 3.09. The molecule has 1 aromatic carbocycles. The predicted molar refractivity (Wildman–Crippen MR) is 106 cm³/mol. The summed E-state index contributed by atoms with van der Waals surface area (Å²) in [5.74, 6) is -0.334. The van der Waals surface area contributed by atoms with Crippen molar-refractivity contribution in [3.63, 3.8) is 0 Å². The normalized spacial score (nSPS) is 22.9. The quantitative estimate of drug-likeness (QED) is 0.763. The molecule has 5 nitrogen and oxygen atoms in total. The van der Waals surface area contributed by atoms with Gasteiger partial charge in [0.25, 0.3) is 5.91 Å². The van der Waals surface area contributed by atoms with Crippen molar-refractivity contribution in [2.45, 2.75) is 72.0 Å². The second-order valence-electron chi connectivity index (χ2n) is 8.91. The number of carbonyl (C=O) groups excluding carboxylic acids is 2. The molecule has 1 saturated carbocycles. The van der Waals surface area contributed by atoms with Gasteiger partial charge in [-0.2, -0.15) is 0 Å². The van der Waals surface area contributed by atoms with Gasteiger partial charge in [-0.3, -0.25) is 4.79 Å². The molecule has 0 aromatic heterocycles. The SMILES string of the molecule is Cc1ccccc1C(=O)NCC1(C)CCC(OCC(=O)OC(C)(C)C)CC1. The van der Waals surface area contributed by atoms with Crippen molar-refractivity contribution >= 4 is 11.9 Å². The van der Waals surface area contributed by atoms with Crippen LogP contribution in [-0.2, 0) is 14.3 Å². The lowest BCUT2D eigenvalue weighted by Gasteiger charge is -2.37. The number of hydrogen-bond donors (Lipinski definition) is 1. The molecule has 27 heavy (non-hydrogen) atoms. The minimum Gasteiger partial charge on any atom is -0.458 e. The highest BCUT2D eigenvalue weighted by Gasteiger charge is 2.32. The van der Waals surface area contributed by atoms with Gasteiger partial charge in [-0.05, 0) is 70.4 Å². The summed E-state index contributed by atoms with van der Waals surface area (Å²) in [6.45, 7) is 10.4. The molecule has 1 aliphatic rings. The van der Waals surface area contributed by atoms with Gasteiger partial charge in [0.2, 0.25) is 0 Å². The smallest absolute Gasteiger partial charge is 0.332 e. The van der Waals surface area contributed by atoms with Crippen LogP contribution in [0.2, 0.25) is 0 Å². The molecule has 150 valence electrons. The molecule has 1 aromatic rings. The van der Waals surface area contributed by atoms with Gasteiger partial charge in [0.1, 0.15) is 12.2 Å². The molecule has 5 heteroatoms. The standard InChI is InChI=1S/C22H33NO4/c1-16-8-6-7-9-18(16)20(25)23-15-22(5)12-10-17(11-13-22)26-14-19(24)27-21(2,3)4/h6-9,17H,10-15H2,1-5H3,(H,23,25). The monoisotopic (exact) mass is 375 g/mol. The summed E-state index contributed by atoms with van der Waals surface area (Å²) < 4.78 is 11.0. The molecule has 0 unspecified atom stereocenters. The second-order valence-corrected chi connectivity index (χ2v) is 8.91. The summed E-state index contributed by atoms with van der Waals surface area (Å²) in [6, 6.07) is 7.63. The highest BCUT2D eigenvalue weighted by molar-refractivity contribution is 5.95. The van der Waals surface area contributed by atoms with E-state index < -0.39 is 5.60 Å². The van der Waals surface area contributed by atoms with Crippen LogP contribution in [-0.4, -0.2) is 36.7 Å². The zero-order valence-electron chi connectivity index (χ0n) is 17.3. The van der Waals surface area contributed by atoms with E-state index in [-0.39, 0.29) is 30.0 Å². The van der Waals surface area contributed by atoms with Gasteiger partial charge in [0.05, 0.1) is 6.10 Å². The van der Waals surface area contributed by atoms with E-state index in [1.807, 2.05) is 52.0 Å². The molecule has 0 radical (unpaired) electrons.